The standard InChI is InChI=1S/C29H29FN6O3/c1-19-10-14-22(15-11-19)36(26(38)18-35-33-28(32-34-35)24-8-4-5-9-25(24)30)27(20-12-16-23(37)17-13-20)29(39)31-21-6-2-3-7-21/h4-5,8-17,21,27,37H,2-3,6-7,18H2,1H3,(H,31,39)/t27-/m0/s1. The van der Waals surface area contributed by atoms with E-state index in [0.29, 0.717) is 11.3 Å². The number of aromatic hydroxyl groups is 1. The Kier molecular flexibility index (Phi) is 7.62. The first-order valence-electron chi connectivity index (χ1n) is 12.9. The lowest BCUT2D eigenvalue weighted by molar-refractivity contribution is -0.127. The maximum Gasteiger partial charge on any atom is 0.251 e. The van der Waals surface area contributed by atoms with E-state index < -0.39 is 17.8 Å². The second kappa shape index (κ2) is 11.4. The molecule has 1 saturated carbocycles. The Balaban J connectivity index is 1.51. The second-order valence-corrected chi connectivity index (χ2v) is 9.71. The maximum atomic E-state index is 14.3. The molecular formula is C29H29FN6O3. The number of nitrogens with zero attached hydrogens (tertiary/aromatic N) is 5. The van der Waals surface area contributed by atoms with E-state index in [2.05, 4.69) is 20.7 Å². The number of aryl methyl sites for hydroxylation is 1. The molecule has 9 nitrogen and oxygen atoms in total. The Morgan fingerprint density at radius 2 is 1.74 bits per heavy atom. The van der Waals surface area contributed by atoms with Crippen molar-refractivity contribution in [2.75, 3.05) is 4.90 Å². The normalized spacial score (nSPS) is 14.2. The highest BCUT2D eigenvalue weighted by Crippen LogP contribution is 2.31. The van der Waals surface area contributed by atoms with E-state index in [0.717, 1.165) is 36.0 Å². The number of anilines is 1. The molecule has 0 saturated heterocycles. The van der Waals surface area contributed by atoms with E-state index in [9.17, 15) is 19.1 Å². The summed E-state index contributed by atoms with van der Waals surface area (Å²) < 4.78 is 14.3. The molecule has 1 atom stereocenters. The van der Waals surface area contributed by atoms with Gasteiger partial charge in [0.05, 0.1) is 5.56 Å². The molecular weight excluding hydrogens is 499 g/mol. The molecule has 10 heteroatoms. The third-order valence-electron chi connectivity index (χ3n) is 6.84. The molecule has 2 amide bonds. The lowest BCUT2D eigenvalue weighted by atomic mass is 10.0. The highest BCUT2D eigenvalue weighted by Gasteiger charge is 2.34. The van der Waals surface area contributed by atoms with Crippen molar-refractivity contribution in [3.63, 3.8) is 0 Å². The van der Waals surface area contributed by atoms with Crippen molar-refractivity contribution in [2.45, 2.75) is 51.2 Å². The average Bonchev–Trinajstić information content (AvgIpc) is 3.61. The molecule has 4 aromatic rings. The zero-order valence-electron chi connectivity index (χ0n) is 21.5. The maximum absolute atomic E-state index is 14.3. The van der Waals surface area contributed by atoms with Gasteiger partial charge in [0.15, 0.2) is 0 Å². The number of benzene rings is 3. The van der Waals surface area contributed by atoms with E-state index >= 15 is 0 Å². The zero-order chi connectivity index (χ0) is 27.4. The smallest absolute Gasteiger partial charge is 0.251 e. The van der Waals surface area contributed by atoms with Crippen molar-refractivity contribution in [3.8, 4) is 17.1 Å². The fraction of sp³-hybridized carbons (Fsp3) is 0.276. The van der Waals surface area contributed by atoms with Crippen LogP contribution in [0.25, 0.3) is 11.4 Å². The first kappa shape index (κ1) is 26.0. The Bertz CT molecular complexity index is 1450. The van der Waals surface area contributed by atoms with Crippen molar-refractivity contribution in [1.82, 2.24) is 25.5 Å². The van der Waals surface area contributed by atoms with Crippen LogP contribution in [0, 0.1) is 12.7 Å². The molecule has 5 rings (SSSR count). The minimum Gasteiger partial charge on any atom is -0.508 e. The molecule has 1 fully saturated rings. The highest BCUT2D eigenvalue weighted by atomic mass is 19.1. The first-order valence-corrected chi connectivity index (χ1v) is 12.9. The zero-order valence-corrected chi connectivity index (χ0v) is 21.5. The van der Waals surface area contributed by atoms with Gasteiger partial charge in [-0.1, -0.05) is 54.8 Å². The van der Waals surface area contributed by atoms with Crippen molar-refractivity contribution in [1.29, 1.82) is 0 Å². The van der Waals surface area contributed by atoms with Crippen molar-refractivity contribution >= 4 is 17.5 Å². The summed E-state index contributed by atoms with van der Waals surface area (Å²) in [6.45, 7) is 1.60. The molecule has 0 radical (unpaired) electrons. The Labute approximate surface area is 225 Å². The molecule has 0 spiro atoms. The molecule has 0 bridgehead atoms. The number of phenols is 1. The Morgan fingerprint density at radius 1 is 1.05 bits per heavy atom. The number of carbonyl (C=O) groups is 2. The van der Waals surface area contributed by atoms with Gasteiger partial charge in [-0.25, -0.2) is 4.39 Å². The summed E-state index contributed by atoms with van der Waals surface area (Å²) in [5.41, 5.74) is 2.22. The van der Waals surface area contributed by atoms with Crippen LogP contribution in [0.4, 0.5) is 10.1 Å². The van der Waals surface area contributed by atoms with Crippen LogP contribution in [0.15, 0.2) is 72.8 Å². The topological polar surface area (TPSA) is 113 Å². The van der Waals surface area contributed by atoms with E-state index in [1.165, 1.54) is 29.2 Å². The number of nitrogens with one attached hydrogen (secondary N) is 1. The summed E-state index contributed by atoms with van der Waals surface area (Å²) in [6.07, 6.45) is 3.85. The van der Waals surface area contributed by atoms with Gasteiger partial charge in [0, 0.05) is 11.7 Å². The van der Waals surface area contributed by atoms with Gasteiger partial charge < -0.3 is 10.4 Å². The fourth-order valence-corrected chi connectivity index (χ4v) is 4.82. The van der Waals surface area contributed by atoms with Crippen LogP contribution < -0.4 is 10.2 Å². The number of phenolic OH excluding ortho intramolecular Hbond substituents is 1. The summed E-state index contributed by atoms with van der Waals surface area (Å²) in [5, 5.41) is 25.1. The van der Waals surface area contributed by atoms with Crippen LogP contribution in [0.2, 0.25) is 0 Å². The van der Waals surface area contributed by atoms with Crippen LogP contribution in [-0.4, -0.2) is 43.2 Å². The molecule has 2 N–H and O–H groups in total. The fourth-order valence-electron chi connectivity index (χ4n) is 4.82. The van der Waals surface area contributed by atoms with Crippen molar-refractivity contribution in [3.05, 3.63) is 89.7 Å². The van der Waals surface area contributed by atoms with Gasteiger partial charge in [-0.15, -0.1) is 10.2 Å². The van der Waals surface area contributed by atoms with Crippen LogP contribution in [0.5, 0.6) is 5.75 Å². The summed E-state index contributed by atoms with van der Waals surface area (Å²) in [7, 11) is 0. The molecule has 1 aliphatic carbocycles. The van der Waals surface area contributed by atoms with Gasteiger partial charge in [0.1, 0.15) is 24.2 Å². The van der Waals surface area contributed by atoms with Gasteiger partial charge in [-0.2, -0.15) is 4.80 Å². The molecule has 39 heavy (non-hydrogen) atoms. The Hall–Kier alpha value is -4.60. The van der Waals surface area contributed by atoms with Crippen LogP contribution in [-0.2, 0) is 16.1 Å². The SMILES string of the molecule is Cc1ccc(N(C(=O)Cn2nnc(-c3ccccc3F)n2)[C@H](C(=O)NC2CCCC2)c2ccc(O)cc2)cc1. The number of tetrazole rings is 1. The number of hydrogen-bond donors (Lipinski definition) is 2. The minimum atomic E-state index is -1.02. The largest absolute Gasteiger partial charge is 0.508 e. The average molecular weight is 529 g/mol. The summed E-state index contributed by atoms with van der Waals surface area (Å²) in [5.74, 6) is -1.18. The molecule has 1 heterocycles. The highest BCUT2D eigenvalue weighted by molar-refractivity contribution is 6.01. The molecule has 1 aliphatic rings. The van der Waals surface area contributed by atoms with E-state index in [1.54, 1.807) is 36.4 Å². The first-order chi connectivity index (χ1) is 18.9. The minimum absolute atomic E-state index is 0.0346. The number of amides is 2. The van der Waals surface area contributed by atoms with Gasteiger partial charge in [0.25, 0.3) is 5.91 Å². The summed E-state index contributed by atoms with van der Waals surface area (Å²) in [6, 6.07) is 18.6. The lowest BCUT2D eigenvalue weighted by Gasteiger charge is -2.32. The quantitative estimate of drug-likeness (QED) is 0.352. The van der Waals surface area contributed by atoms with E-state index in [4.69, 9.17) is 0 Å². The monoisotopic (exact) mass is 528 g/mol. The van der Waals surface area contributed by atoms with Crippen molar-refractivity contribution < 1.29 is 19.1 Å². The predicted molar refractivity (Wildman–Crippen MR) is 143 cm³/mol. The van der Waals surface area contributed by atoms with Crippen LogP contribution in [0.3, 0.4) is 0 Å². The number of halogens is 1. The number of carbonyl (C=O) groups excluding carboxylic acids is 2. The molecule has 1 aromatic heterocycles. The molecule has 0 unspecified atom stereocenters. The summed E-state index contributed by atoms with van der Waals surface area (Å²) >= 11 is 0. The van der Waals surface area contributed by atoms with Gasteiger partial charge in [-0.3, -0.25) is 14.5 Å². The van der Waals surface area contributed by atoms with Crippen LogP contribution in [0.1, 0.15) is 42.9 Å². The van der Waals surface area contributed by atoms with Crippen molar-refractivity contribution in [2.24, 2.45) is 0 Å². The molecule has 3 aromatic carbocycles. The van der Waals surface area contributed by atoms with Crippen LogP contribution >= 0.6 is 0 Å². The van der Waals surface area contributed by atoms with E-state index in [1.807, 2.05) is 19.1 Å². The van der Waals surface area contributed by atoms with Gasteiger partial charge in [0.2, 0.25) is 11.7 Å². The third-order valence-corrected chi connectivity index (χ3v) is 6.84. The summed E-state index contributed by atoms with van der Waals surface area (Å²) in [4.78, 5) is 30.2. The van der Waals surface area contributed by atoms with Gasteiger partial charge in [-0.05, 0) is 66.9 Å². The Morgan fingerprint density at radius 3 is 2.44 bits per heavy atom. The molecule has 0 aliphatic heterocycles. The second-order valence-electron chi connectivity index (χ2n) is 9.71. The number of hydrogen-bond acceptors (Lipinski definition) is 6. The number of aromatic nitrogens is 4. The van der Waals surface area contributed by atoms with Gasteiger partial charge >= 0.3 is 0 Å². The predicted octanol–water partition coefficient (Wildman–Crippen LogP) is 4.33. The molecule has 200 valence electrons. The van der Waals surface area contributed by atoms with E-state index in [-0.39, 0.29) is 35.6 Å². The lowest BCUT2D eigenvalue weighted by Crippen LogP contribution is -2.47. The number of rotatable bonds is 8. The third kappa shape index (κ3) is 5.95.